The maximum atomic E-state index is 11.8. The first kappa shape index (κ1) is 14.5. The number of hydrogen-bond acceptors (Lipinski definition) is 5. The van der Waals surface area contributed by atoms with E-state index in [1.165, 1.54) is 0 Å². The Labute approximate surface area is 122 Å². The zero-order valence-electron chi connectivity index (χ0n) is 11.7. The molecule has 2 rings (SSSR count). The monoisotopic (exact) mass is 284 g/mol. The Morgan fingerprint density at radius 2 is 2.33 bits per heavy atom. The normalized spacial score (nSPS) is 15.0. The van der Waals surface area contributed by atoms with Gasteiger partial charge in [-0.3, -0.25) is 15.6 Å². The van der Waals surface area contributed by atoms with Crippen molar-refractivity contribution >= 4 is 28.8 Å². The molecule has 1 amide bonds. The molecule has 108 valence electrons. The molecule has 1 aromatic rings. The fraction of sp³-hybridized carbons (Fsp3) is 0.286. The number of carbonyl (C=O) groups is 1. The molecule has 1 aromatic carbocycles. The lowest BCUT2D eigenvalue weighted by molar-refractivity contribution is -0.117. The smallest absolute Gasteiger partial charge is 0.227 e. The van der Waals surface area contributed by atoms with Crippen LogP contribution in [0.1, 0.15) is 18.4 Å². The zero-order chi connectivity index (χ0) is 15.4. The van der Waals surface area contributed by atoms with Gasteiger partial charge >= 0.3 is 0 Å². The lowest BCUT2D eigenvalue weighted by Gasteiger charge is -2.19. The first-order valence-corrected chi connectivity index (χ1v) is 6.52. The molecule has 0 unspecified atom stereocenters. The molecule has 7 heteroatoms. The van der Waals surface area contributed by atoms with Crippen molar-refractivity contribution in [2.45, 2.75) is 19.8 Å². The molecule has 1 saturated heterocycles. The Morgan fingerprint density at radius 1 is 1.57 bits per heavy atom. The highest BCUT2D eigenvalue weighted by Crippen LogP contribution is 2.28. The van der Waals surface area contributed by atoms with Gasteiger partial charge in [0.05, 0.1) is 5.69 Å². The van der Waals surface area contributed by atoms with Gasteiger partial charge in [-0.2, -0.15) is 10.4 Å². The highest BCUT2D eigenvalue weighted by Gasteiger charge is 2.23. The average molecular weight is 284 g/mol. The van der Waals surface area contributed by atoms with Crippen molar-refractivity contribution in [3.63, 3.8) is 0 Å². The van der Waals surface area contributed by atoms with Crippen molar-refractivity contribution in [2.24, 2.45) is 10.8 Å². The van der Waals surface area contributed by atoms with Crippen LogP contribution in [0.5, 0.6) is 0 Å². The highest BCUT2D eigenvalue weighted by atomic mass is 16.2. The Balaban J connectivity index is 2.25. The van der Waals surface area contributed by atoms with Crippen LogP contribution in [0.2, 0.25) is 0 Å². The van der Waals surface area contributed by atoms with E-state index in [-0.39, 0.29) is 11.6 Å². The van der Waals surface area contributed by atoms with Gasteiger partial charge in [0.25, 0.3) is 0 Å². The summed E-state index contributed by atoms with van der Waals surface area (Å²) >= 11 is 0. The van der Waals surface area contributed by atoms with E-state index in [0.717, 1.165) is 17.7 Å². The molecule has 0 saturated carbocycles. The second kappa shape index (κ2) is 6.05. The number of hydrogen-bond donors (Lipinski definition) is 3. The van der Waals surface area contributed by atoms with Crippen LogP contribution >= 0.6 is 0 Å². The summed E-state index contributed by atoms with van der Waals surface area (Å²) in [6.45, 7) is 2.65. The van der Waals surface area contributed by atoms with Gasteiger partial charge in [-0.25, -0.2) is 0 Å². The number of hydrazone groups is 1. The molecule has 0 aromatic heterocycles. The number of nitrogens with one attached hydrogen (secondary N) is 2. The molecule has 0 spiro atoms. The van der Waals surface area contributed by atoms with E-state index >= 15 is 0 Å². The summed E-state index contributed by atoms with van der Waals surface area (Å²) in [4.78, 5) is 13.6. The third-order valence-corrected chi connectivity index (χ3v) is 3.23. The molecule has 1 aliphatic heterocycles. The standard InChI is InChI=1S/C14H16N6O/c1-9-4-5-10(18-19-11(8-15)14(16)17)7-12(9)20-6-2-3-13(20)21/h4-5,7,18H,2-3,6H2,1H3,(H3,16,17)/b19-11+. The Hall–Kier alpha value is -2.88. The highest BCUT2D eigenvalue weighted by molar-refractivity contribution is 6.45. The summed E-state index contributed by atoms with van der Waals surface area (Å²) < 4.78 is 0. The molecule has 0 atom stereocenters. The number of nitrogens with two attached hydrogens (primary N) is 1. The van der Waals surface area contributed by atoms with Gasteiger partial charge < -0.3 is 10.6 Å². The molecular weight excluding hydrogens is 268 g/mol. The lowest BCUT2D eigenvalue weighted by Crippen LogP contribution is -2.24. The molecule has 0 aliphatic carbocycles. The quantitative estimate of drug-likeness (QED) is 0.439. The molecule has 1 aliphatic rings. The van der Waals surface area contributed by atoms with E-state index in [1.807, 2.05) is 13.0 Å². The van der Waals surface area contributed by atoms with Crippen molar-refractivity contribution in [1.29, 1.82) is 10.7 Å². The van der Waals surface area contributed by atoms with Crippen molar-refractivity contribution in [3.05, 3.63) is 23.8 Å². The van der Waals surface area contributed by atoms with Gasteiger partial charge in [-0.1, -0.05) is 6.07 Å². The van der Waals surface area contributed by atoms with Crippen LogP contribution in [-0.2, 0) is 4.79 Å². The molecular formula is C14H16N6O. The van der Waals surface area contributed by atoms with Crippen LogP contribution < -0.4 is 16.1 Å². The van der Waals surface area contributed by atoms with Crippen LogP contribution in [0.3, 0.4) is 0 Å². The summed E-state index contributed by atoms with van der Waals surface area (Å²) in [7, 11) is 0. The van der Waals surface area contributed by atoms with Crippen LogP contribution in [0.4, 0.5) is 11.4 Å². The third kappa shape index (κ3) is 3.17. The second-order valence-corrected chi connectivity index (χ2v) is 4.75. The first-order valence-electron chi connectivity index (χ1n) is 6.52. The maximum absolute atomic E-state index is 11.8. The summed E-state index contributed by atoms with van der Waals surface area (Å²) in [5.74, 6) is -0.285. The SMILES string of the molecule is Cc1ccc(N/N=C(\C#N)C(=N)N)cc1N1CCCC1=O. The number of rotatable bonds is 4. The van der Waals surface area contributed by atoms with Gasteiger partial charge in [-0.05, 0) is 31.0 Å². The maximum Gasteiger partial charge on any atom is 0.227 e. The lowest BCUT2D eigenvalue weighted by atomic mass is 10.1. The van der Waals surface area contributed by atoms with E-state index in [2.05, 4.69) is 10.5 Å². The van der Waals surface area contributed by atoms with E-state index in [1.54, 1.807) is 23.1 Å². The molecule has 0 bridgehead atoms. The Morgan fingerprint density at radius 3 is 2.90 bits per heavy atom. The zero-order valence-corrected chi connectivity index (χ0v) is 11.7. The van der Waals surface area contributed by atoms with Crippen molar-refractivity contribution in [1.82, 2.24) is 0 Å². The molecule has 1 fully saturated rings. The van der Waals surface area contributed by atoms with E-state index in [4.69, 9.17) is 16.4 Å². The van der Waals surface area contributed by atoms with Crippen molar-refractivity contribution < 1.29 is 4.79 Å². The summed E-state index contributed by atoms with van der Waals surface area (Å²) in [6.07, 6.45) is 1.43. The van der Waals surface area contributed by atoms with Gasteiger partial charge in [0.1, 0.15) is 6.07 Å². The van der Waals surface area contributed by atoms with Crippen LogP contribution in [0.25, 0.3) is 0 Å². The third-order valence-electron chi connectivity index (χ3n) is 3.23. The predicted molar refractivity (Wildman–Crippen MR) is 81.4 cm³/mol. The van der Waals surface area contributed by atoms with Gasteiger partial charge in [0.2, 0.25) is 11.6 Å². The molecule has 0 radical (unpaired) electrons. The van der Waals surface area contributed by atoms with Crippen molar-refractivity contribution in [2.75, 3.05) is 16.9 Å². The van der Waals surface area contributed by atoms with Gasteiger partial charge in [-0.15, -0.1) is 0 Å². The molecule has 1 heterocycles. The predicted octanol–water partition coefficient (Wildman–Crippen LogP) is 1.35. The largest absolute Gasteiger partial charge is 0.382 e. The number of aryl methyl sites for hydroxylation is 1. The minimum atomic E-state index is -0.396. The van der Waals surface area contributed by atoms with E-state index in [9.17, 15) is 4.79 Å². The number of amides is 1. The first-order chi connectivity index (χ1) is 10.0. The summed E-state index contributed by atoms with van der Waals surface area (Å²) in [6, 6.07) is 7.20. The summed E-state index contributed by atoms with van der Waals surface area (Å²) in [5, 5.41) is 19.8. The Kier molecular flexibility index (Phi) is 4.18. The van der Waals surface area contributed by atoms with Crippen LogP contribution in [0, 0.1) is 23.7 Å². The van der Waals surface area contributed by atoms with Crippen molar-refractivity contribution in [3.8, 4) is 6.07 Å². The minimum absolute atomic E-state index is 0.111. The second-order valence-electron chi connectivity index (χ2n) is 4.75. The minimum Gasteiger partial charge on any atom is -0.382 e. The van der Waals surface area contributed by atoms with Gasteiger partial charge in [0, 0.05) is 18.7 Å². The number of anilines is 2. The van der Waals surface area contributed by atoms with Gasteiger partial charge in [0.15, 0.2) is 5.84 Å². The molecule has 21 heavy (non-hydrogen) atoms. The number of benzene rings is 1. The van der Waals surface area contributed by atoms with Crippen LogP contribution in [-0.4, -0.2) is 24.0 Å². The number of amidine groups is 1. The van der Waals surface area contributed by atoms with E-state index < -0.39 is 5.84 Å². The average Bonchev–Trinajstić information content (AvgIpc) is 2.87. The fourth-order valence-electron chi connectivity index (χ4n) is 2.14. The van der Waals surface area contributed by atoms with Crippen LogP contribution in [0.15, 0.2) is 23.3 Å². The summed E-state index contributed by atoms with van der Waals surface area (Å²) in [5.41, 5.74) is 10.2. The number of nitrogens with zero attached hydrogens (tertiary/aromatic N) is 3. The number of carbonyl (C=O) groups excluding carboxylic acids is 1. The fourth-order valence-corrected chi connectivity index (χ4v) is 2.14. The number of nitriles is 1. The Bertz CT molecular complexity index is 658. The molecule has 4 N–H and O–H groups in total. The molecule has 7 nitrogen and oxygen atoms in total. The van der Waals surface area contributed by atoms with E-state index in [0.29, 0.717) is 18.7 Å². The topological polar surface area (TPSA) is 118 Å².